The SMILES string of the molecule is CCCCCCCCC=CCCCCCCCCOS(=O)(=O)[O-].CCCCCCCCC=CCCCCCCCCOS(=O)(=O)[O-].[Zn+2]. The van der Waals surface area contributed by atoms with Crippen LogP contribution in [0, 0.1) is 0 Å². The first-order valence-electron chi connectivity index (χ1n) is 18.6. The van der Waals surface area contributed by atoms with Crippen molar-refractivity contribution in [2.45, 2.75) is 194 Å². The van der Waals surface area contributed by atoms with Crippen molar-refractivity contribution >= 4 is 20.8 Å². The van der Waals surface area contributed by atoms with Crippen LogP contribution in [0.15, 0.2) is 24.3 Å². The van der Waals surface area contributed by atoms with Crippen LogP contribution in [0.4, 0.5) is 0 Å². The van der Waals surface area contributed by atoms with E-state index in [-0.39, 0.29) is 32.7 Å². The number of hydrogen-bond acceptors (Lipinski definition) is 8. The standard InChI is InChI=1S/2C18H36O4S.Zn/c2*1-2-3-4-5-6-7-8-9-10-11-12-13-14-15-16-17-18-22-23(19,20)21;/h2*9-10H,2-8,11-18H2,1H3,(H,19,20,21);/q;;+2/p-2. The maximum atomic E-state index is 10.2. The number of rotatable bonds is 34. The first-order chi connectivity index (χ1) is 22.1. The molecule has 0 unspecified atom stereocenters. The molecule has 0 aromatic carbocycles. The fourth-order valence-electron chi connectivity index (χ4n) is 5.02. The Labute approximate surface area is 304 Å². The summed E-state index contributed by atoms with van der Waals surface area (Å²) in [6.07, 6.45) is 42.7. The molecule has 0 fully saturated rings. The van der Waals surface area contributed by atoms with Gasteiger partial charge in [0.15, 0.2) is 0 Å². The van der Waals surface area contributed by atoms with Crippen molar-refractivity contribution in [1.29, 1.82) is 0 Å². The molecule has 0 aliphatic carbocycles. The molecule has 8 nitrogen and oxygen atoms in total. The maximum Gasteiger partial charge on any atom is 2.00 e. The van der Waals surface area contributed by atoms with Gasteiger partial charge in [-0.05, 0) is 64.2 Å². The molecule has 0 N–H and O–H groups in total. The summed E-state index contributed by atoms with van der Waals surface area (Å²) < 4.78 is 69.6. The molecule has 276 valence electrons. The number of unbranched alkanes of at least 4 members (excludes halogenated alkanes) is 24. The molecular formula is C36H70O8S2Zn. The average molecular weight is 760 g/mol. The Morgan fingerprint density at radius 3 is 0.830 bits per heavy atom. The van der Waals surface area contributed by atoms with Gasteiger partial charge < -0.3 is 9.11 Å². The summed E-state index contributed by atoms with van der Waals surface area (Å²) in [5.74, 6) is 0. The van der Waals surface area contributed by atoms with E-state index in [1.54, 1.807) is 0 Å². The van der Waals surface area contributed by atoms with Crippen LogP contribution in [-0.2, 0) is 48.6 Å². The van der Waals surface area contributed by atoms with E-state index in [9.17, 15) is 25.9 Å². The molecule has 0 spiro atoms. The maximum absolute atomic E-state index is 10.2. The van der Waals surface area contributed by atoms with Crippen LogP contribution < -0.4 is 0 Å². The second-order valence-electron chi connectivity index (χ2n) is 12.3. The van der Waals surface area contributed by atoms with Crippen LogP contribution in [0.3, 0.4) is 0 Å². The van der Waals surface area contributed by atoms with Crippen LogP contribution in [0.25, 0.3) is 0 Å². The van der Waals surface area contributed by atoms with Gasteiger partial charge in [-0.15, -0.1) is 0 Å². The minimum Gasteiger partial charge on any atom is -0.726 e. The van der Waals surface area contributed by atoms with Crippen LogP contribution in [0.1, 0.15) is 194 Å². The first-order valence-corrected chi connectivity index (χ1v) is 21.3. The Kier molecular flexibility index (Phi) is 43.9. The molecule has 0 saturated carbocycles. The van der Waals surface area contributed by atoms with Gasteiger partial charge in [-0.1, -0.05) is 154 Å². The van der Waals surface area contributed by atoms with Crippen LogP contribution in [0.5, 0.6) is 0 Å². The van der Waals surface area contributed by atoms with Crippen molar-refractivity contribution in [3.05, 3.63) is 24.3 Å². The third kappa shape index (κ3) is 55.5. The molecular weight excluding hydrogens is 690 g/mol. The van der Waals surface area contributed by atoms with Gasteiger partial charge in [-0.2, -0.15) is 0 Å². The second-order valence-corrected chi connectivity index (χ2v) is 14.4. The van der Waals surface area contributed by atoms with Crippen molar-refractivity contribution in [3.8, 4) is 0 Å². The monoisotopic (exact) mass is 758 g/mol. The third-order valence-corrected chi connectivity index (χ3v) is 8.68. The summed E-state index contributed by atoms with van der Waals surface area (Å²) in [6.45, 7) is 4.54. The van der Waals surface area contributed by atoms with E-state index < -0.39 is 20.8 Å². The minimum atomic E-state index is -4.50. The quantitative estimate of drug-likeness (QED) is 0.0208. The predicted molar refractivity (Wildman–Crippen MR) is 190 cm³/mol. The summed E-state index contributed by atoms with van der Waals surface area (Å²) in [6, 6.07) is 0. The van der Waals surface area contributed by atoms with Gasteiger partial charge in [-0.25, -0.2) is 16.8 Å². The zero-order chi connectivity index (χ0) is 34.5. The first kappa shape index (κ1) is 51.2. The molecule has 0 amide bonds. The van der Waals surface area contributed by atoms with Crippen molar-refractivity contribution in [3.63, 3.8) is 0 Å². The number of hydrogen-bond donors (Lipinski definition) is 0. The summed E-state index contributed by atoms with van der Waals surface area (Å²) in [4.78, 5) is 0. The van der Waals surface area contributed by atoms with E-state index in [0.29, 0.717) is 12.8 Å². The van der Waals surface area contributed by atoms with Gasteiger partial charge in [0.2, 0.25) is 20.8 Å². The molecule has 0 saturated heterocycles. The summed E-state index contributed by atoms with van der Waals surface area (Å²) in [5, 5.41) is 0. The van der Waals surface area contributed by atoms with E-state index >= 15 is 0 Å². The van der Waals surface area contributed by atoms with Gasteiger partial charge in [-0.3, -0.25) is 8.37 Å². The minimum absolute atomic E-state index is 0. The Balaban J connectivity index is -0.000000807. The van der Waals surface area contributed by atoms with E-state index in [1.807, 2.05) is 0 Å². The van der Waals surface area contributed by atoms with Crippen LogP contribution in [-0.4, -0.2) is 39.2 Å². The van der Waals surface area contributed by atoms with Gasteiger partial charge in [0.25, 0.3) is 0 Å². The van der Waals surface area contributed by atoms with Crippen molar-refractivity contribution in [2.24, 2.45) is 0 Å². The van der Waals surface area contributed by atoms with Crippen LogP contribution in [0.2, 0.25) is 0 Å². The van der Waals surface area contributed by atoms with E-state index in [2.05, 4.69) is 46.5 Å². The number of allylic oxidation sites excluding steroid dienone is 4. The predicted octanol–water partition coefficient (Wildman–Crippen LogP) is 11.0. The Morgan fingerprint density at radius 2 is 0.596 bits per heavy atom. The fraction of sp³-hybridized carbons (Fsp3) is 0.889. The third-order valence-electron chi connectivity index (χ3n) is 7.77. The van der Waals surface area contributed by atoms with Crippen molar-refractivity contribution in [2.75, 3.05) is 13.2 Å². The van der Waals surface area contributed by atoms with Gasteiger partial charge in [0, 0.05) is 0 Å². The molecule has 0 aliphatic rings. The zero-order valence-corrected chi connectivity index (χ0v) is 34.9. The molecule has 11 heteroatoms. The van der Waals surface area contributed by atoms with Crippen molar-refractivity contribution < 1.29 is 53.8 Å². The summed E-state index contributed by atoms with van der Waals surface area (Å²) in [5.41, 5.74) is 0. The molecule has 47 heavy (non-hydrogen) atoms. The van der Waals surface area contributed by atoms with E-state index in [0.717, 1.165) is 51.4 Å². The van der Waals surface area contributed by atoms with Crippen LogP contribution >= 0.6 is 0 Å². The summed E-state index contributed by atoms with van der Waals surface area (Å²) in [7, 11) is -9.00. The Morgan fingerprint density at radius 1 is 0.383 bits per heavy atom. The second kappa shape index (κ2) is 40.3. The molecule has 0 aromatic rings. The largest absolute Gasteiger partial charge is 2.00 e. The molecule has 0 bridgehead atoms. The average Bonchev–Trinajstić information content (AvgIpc) is 2.99. The van der Waals surface area contributed by atoms with E-state index in [4.69, 9.17) is 0 Å². The topological polar surface area (TPSA) is 133 Å². The smallest absolute Gasteiger partial charge is 0.726 e. The fourth-order valence-corrected chi connectivity index (χ4v) is 5.67. The molecule has 0 atom stereocenters. The van der Waals surface area contributed by atoms with Gasteiger partial charge in [0.1, 0.15) is 0 Å². The van der Waals surface area contributed by atoms with Gasteiger partial charge >= 0.3 is 19.5 Å². The molecule has 0 rings (SSSR count). The zero-order valence-electron chi connectivity index (χ0n) is 30.3. The molecule has 0 aromatic heterocycles. The normalized spacial score (nSPS) is 12.0. The molecule has 0 aliphatic heterocycles. The molecule has 0 heterocycles. The molecule has 0 radical (unpaired) electrons. The van der Waals surface area contributed by atoms with Gasteiger partial charge in [0.05, 0.1) is 13.2 Å². The van der Waals surface area contributed by atoms with Crippen molar-refractivity contribution in [1.82, 2.24) is 0 Å². The van der Waals surface area contributed by atoms with E-state index in [1.165, 1.54) is 116 Å². The Hall–Kier alpha value is -0.157. The summed E-state index contributed by atoms with van der Waals surface area (Å²) >= 11 is 0. The Bertz CT molecular complexity index is 805.